The molecule has 0 fully saturated rings. The van der Waals surface area contributed by atoms with E-state index in [0.29, 0.717) is 12.3 Å². The Hall–Kier alpha value is -1.85. The zero-order valence-corrected chi connectivity index (χ0v) is 12.3. The van der Waals surface area contributed by atoms with Crippen molar-refractivity contribution in [3.05, 3.63) is 48.0 Å². The molecular weight excluding hydrogens is 244 g/mol. The zero-order chi connectivity index (χ0) is 14.4. The van der Waals surface area contributed by atoms with E-state index in [4.69, 9.17) is 5.26 Å². The SMILES string of the molecule is CC(C)CN(CCC#N)Cc1cccc2ccccc12. The highest BCUT2D eigenvalue weighted by Crippen LogP contribution is 2.20. The predicted molar refractivity (Wildman–Crippen MR) is 84.3 cm³/mol. The lowest BCUT2D eigenvalue weighted by molar-refractivity contribution is 0.242. The predicted octanol–water partition coefficient (Wildman–Crippen LogP) is 4.21. The maximum absolute atomic E-state index is 8.81. The minimum Gasteiger partial charge on any atom is -0.298 e. The molecule has 0 saturated heterocycles. The van der Waals surface area contributed by atoms with Gasteiger partial charge in [0.25, 0.3) is 0 Å². The lowest BCUT2D eigenvalue weighted by atomic mass is 10.0. The number of nitrogens with zero attached hydrogens (tertiary/aromatic N) is 2. The summed E-state index contributed by atoms with van der Waals surface area (Å²) >= 11 is 0. The smallest absolute Gasteiger partial charge is 0.0635 e. The molecule has 2 aromatic carbocycles. The molecule has 0 radical (unpaired) electrons. The number of hydrogen-bond acceptors (Lipinski definition) is 2. The molecule has 0 saturated carbocycles. The summed E-state index contributed by atoms with van der Waals surface area (Å²) in [4.78, 5) is 2.38. The Bertz CT molecular complexity index is 590. The second kappa shape index (κ2) is 7.07. The molecule has 2 aromatic rings. The van der Waals surface area contributed by atoms with E-state index in [1.165, 1.54) is 16.3 Å². The van der Waals surface area contributed by atoms with E-state index in [9.17, 15) is 0 Å². The van der Waals surface area contributed by atoms with Crippen LogP contribution in [-0.2, 0) is 6.54 Å². The minimum atomic E-state index is 0.595. The van der Waals surface area contributed by atoms with Gasteiger partial charge in [-0.1, -0.05) is 56.3 Å². The molecule has 0 aliphatic rings. The van der Waals surface area contributed by atoms with Crippen molar-refractivity contribution in [1.82, 2.24) is 4.90 Å². The Labute approximate surface area is 121 Å². The van der Waals surface area contributed by atoms with Crippen molar-refractivity contribution in [2.24, 2.45) is 5.92 Å². The topological polar surface area (TPSA) is 27.0 Å². The fraction of sp³-hybridized carbons (Fsp3) is 0.389. The summed E-state index contributed by atoms with van der Waals surface area (Å²) in [6.45, 7) is 7.25. The third kappa shape index (κ3) is 3.82. The molecule has 104 valence electrons. The number of benzene rings is 2. The van der Waals surface area contributed by atoms with Gasteiger partial charge in [-0.3, -0.25) is 4.90 Å². The molecule has 0 aliphatic heterocycles. The molecule has 2 rings (SSSR count). The monoisotopic (exact) mass is 266 g/mol. The van der Waals surface area contributed by atoms with Crippen molar-refractivity contribution in [1.29, 1.82) is 5.26 Å². The van der Waals surface area contributed by atoms with E-state index < -0.39 is 0 Å². The molecular formula is C18H22N2. The van der Waals surface area contributed by atoms with Crippen LogP contribution in [0.15, 0.2) is 42.5 Å². The average molecular weight is 266 g/mol. The second-order valence-electron chi connectivity index (χ2n) is 5.68. The molecule has 0 atom stereocenters. The largest absolute Gasteiger partial charge is 0.298 e. The first kappa shape index (κ1) is 14.6. The maximum atomic E-state index is 8.81. The molecule has 2 heteroatoms. The van der Waals surface area contributed by atoms with Crippen LogP contribution >= 0.6 is 0 Å². The first-order chi connectivity index (χ1) is 9.70. The molecule has 0 spiro atoms. The highest BCUT2D eigenvalue weighted by atomic mass is 15.1. The lowest BCUT2D eigenvalue weighted by Gasteiger charge is -2.24. The van der Waals surface area contributed by atoms with Crippen LogP contribution in [0.3, 0.4) is 0 Å². The van der Waals surface area contributed by atoms with Gasteiger partial charge in [0.2, 0.25) is 0 Å². The van der Waals surface area contributed by atoms with Gasteiger partial charge in [0, 0.05) is 26.1 Å². The maximum Gasteiger partial charge on any atom is 0.0635 e. The van der Waals surface area contributed by atoms with Crippen LogP contribution in [0.2, 0.25) is 0 Å². The molecule has 0 bridgehead atoms. The first-order valence-electron chi connectivity index (χ1n) is 7.26. The Morgan fingerprint density at radius 2 is 1.85 bits per heavy atom. The molecule has 2 nitrogen and oxygen atoms in total. The van der Waals surface area contributed by atoms with Gasteiger partial charge in [-0.15, -0.1) is 0 Å². The van der Waals surface area contributed by atoms with Crippen molar-refractivity contribution in [2.75, 3.05) is 13.1 Å². The summed E-state index contributed by atoms with van der Waals surface area (Å²) in [5.74, 6) is 0.615. The van der Waals surface area contributed by atoms with Gasteiger partial charge in [0.15, 0.2) is 0 Å². The number of nitriles is 1. The van der Waals surface area contributed by atoms with Crippen LogP contribution in [-0.4, -0.2) is 18.0 Å². The summed E-state index contributed by atoms with van der Waals surface area (Å²) in [6.07, 6.45) is 0.595. The van der Waals surface area contributed by atoms with Gasteiger partial charge in [-0.2, -0.15) is 5.26 Å². The molecule has 0 N–H and O–H groups in total. The third-order valence-corrected chi connectivity index (χ3v) is 3.44. The molecule has 0 unspecified atom stereocenters. The van der Waals surface area contributed by atoms with Gasteiger partial charge in [-0.05, 0) is 22.3 Å². The van der Waals surface area contributed by atoms with Crippen LogP contribution in [0.4, 0.5) is 0 Å². The molecule has 0 aromatic heterocycles. The van der Waals surface area contributed by atoms with Crippen molar-refractivity contribution in [3.8, 4) is 6.07 Å². The number of hydrogen-bond donors (Lipinski definition) is 0. The third-order valence-electron chi connectivity index (χ3n) is 3.44. The van der Waals surface area contributed by atoms with Gasteiger partial charge in [0.05, 0.1) is 6.07 Å². The Morgan fingerprint density at radius 3 is 2.60 bits per heavy atom. The first-order valence-corrected chi connectivity index (χ1v) is 7.26. The summed E-state index contributed by atoms with van der Waals surface area (Å²) < 4.78 is 0. The van der Waals surface area contributed by atoms with E-state index in [0.717, 1.165) is 19.6 Å². The summed E-state index contributed by atoms with van der Waals surface area (Å²) in [6, 6.07) is 17.2. The summed E-state index contributed by atoms with van der Waals surface area (Å²) in [5.41, 5.74) is 1.35. The minimum absolute atomic E-state index is 0.595. The van der Waals surface area contributed by atoms with E-state index in [-0.39, 0.29) is 0 Å². The molecule has 0 aliphatic carbocycles. The standard InChI is InChI=1S/C18H22N2/c1-15(2)13-20(12-6-11-19)14-17-9-5-8-16-7-3-4-10-18(16)17/h3-5,7-10,15H,6,12-14H2,1-2H3. The van der Waals surface area contributed by atoms with Gasteiger partial charge in [0.1, 0.15) is 0 Å². The van der Waals surface area contributed by atoms with Crippen molar-refractivity contribution in [3.63, 3.8) is 0 Å². The second-order valence-corrected chi connectivity index (χ2v) is 5.68. The van der Waals surface area contributed by atoms with E-state index in [2.05, 4.69) is 67.3 Å². The summed E-state index contributed by atoms with van der Waals surface area (Å²) in [7, 11) is 0. The average Bonchev–Trinajstić information content (AvgIpc) is 2.44. The fourth-order valence-electron chi connectivity index (χ4n) is 2.63. The Kier molecular flexibility index (Phi) is 5.15. The van der Waals surface area contributed by atoms with E-state index in [1.807, 2.05) is 0 Å². The fourth-order valence-corrected chi connectivity index (χ4v) is 2.63. The zero-order valence-electron chi connectivity index (χ0n) is 12.3. The van der Waals surface area contributed by atoms with Crippen LogP contribution in [0, 0.1) is 17.2 Å². The summed E-state index contributed by atoms with van der Waals surface area (Å²) in [5, 5.41) is 11.4. The van der Waals surface area contributed by atoms with Crippen LogP contribution in [0.1, 0.15) is 25.8 Å². The van der Waals surface area contributed by atoms with E-state index in [1.54, 1.807) is 0 Å². The highest BCUT2D eigenvalue weighted by Gasteiger charge is 2.09. The van der Waals surface area contributed by atoms with Gasteiger partial charge >= 0.3 is 0 Å². The van der Waals surface area contributed by atoms with Gasteiger partial charge < -0.3 is 0 Å². The van der Waals surface area contributed by atoms with Crippen molar-refractivity contribution in [2.45, 2.75) is 26.8 Å². The molecule has 0 amide bonds. The van der Waals surface area contributed by atoms with Crippen molar-refractivity contribution >= 4 is 10.8 Å². The van der Waals surface area contributed by atoms with Crippen LogP contribution < -0.4 is 0 Å². The van der Waals surface area contributed by atoms with E-state index >= 15 is 0 Å². The normalized spacial score (nSPS) is 11.2. The number of rotatable bonds is 6. The molecule has 0 heterocycles. The number of fused-ring (bicyclic) bond motifs is 1. The Balaban J connectivity index is 2.21. The lowest BCUT2D eigenvalue weighted by Crippen LogP contribution is -2.28. The highest BCUT2D eigenvalue weighted by molar-refractivity contribution is 5.85. The van der Waals surface area contributed by atoms with Gasteiger partial charge in [-0.25, -0.2) is 0 Å². The quantitative estimate of drug-likeness (QED) is 0.783. The Morgan fingerprint density at radius 1 is 1.10 bits per heavy atom. The van der Waals surface area contributed by atoms with Crippen LogP contribution in [0.25, 0.3) is 10.8 Å². The van der Waals surface area contributed by atoms with Crippen LogP contribution in [0.5, 0.6) is 0 Å². The van der Waals surface area contributed by atoms with Crippen molar-refractivity contribution < 1.29 is 0 Å². The molecule has 20 heavy (non-hydrogen) atoms.